The quantitative estimate of drug-likeness (QED) is 0.717. The van der Waals surface area contributed by atoms with Gasteiger partial charge in [0.25, 0.3) is 0 Å². The van der Waals surface area contributed by atoms with Crippen LogP contribution in [0.5, 0.6) is 5.88 Å². The summed E-state index contributed by atoms with van der Waals surface area (Å²) in [6.45, 7) is 3.78. The summed E-state index contributed by atoms with van der Waals surface area (Å²) in [4.78, 5) is 4.46. The summed E-state index contributed by atoms with van der Waals surface area (Å²) >= 11 is 0. The van der Waals surface area contributed by atoms with Crippen LogP contribution in [0.2, 0.25) is 0 Å². The second-order valence-corrected chi connectivity index (χ2v) is 4.32. The maximum Gasteiger partial charge on any atom is 0.213 e. The molecule has 3 heteroatoms. The molecule has 1 fully saturated rings. The molecule has 0 atom stereocenters. The Hall–Kier alpha value is -1.09. The highest BCUT2D eigenvalue weighted by Gasteiger charge is 2.20. The van der Waals surface area contributed by atoms with Gasteiger partial charge in [-0.05, 0) is 25.3 Å². The summed E-state index contributed by atoms with van der Waals surface area (Å²) in [7, 11) is 0. The first-order valence-electron chi connectivity index (χ1n) is 6.20. The van der Waals surface area contributed by atoms with Crippen LogP contribution in [0.3, 0.4) is 0 Å². The summed E-state index contributed by atoms with van der Waals surface area (Å²) in [6, 6.07) is 6.71. The molecule has 16 heavy (non-hydrogen) atoms. The van der Waals surface area contributed by atoms with Crippen molar-refractivity contribution in [1.82, 2.24) is 10.3 Å². The number of nitrogens with zero attached hydrogens (tertiary/aromatic N) is 1. The van der Waals surface area contributed by atoms with Gasteiger partial charge in [-0.1, -0.05) is 19.4 Å². The number of hydrogen-bond donors (Lipinski definition) is 1. The van der Waals surface area contributed by atoms with E-state index in [1.807, 2.05) is 18.2 Å². The Morgan fingerprint density at radius 2 is 2.31 bits per heavy atom. The second kappa shape index (κ2) is 5.85. The van der Waals surface area contributed by atoms with Gasteiger partial charge in [0.2, 0.25) is 5.88 Å². The molecular formula is C13H20N2O. The van der Waals surface area contributed by atoms with E-state index in [2.05, 4.69) is 17.2 Å². The first kappa shape index (κ1) is 11.4. The van der Waals surface area contributed by atoms with Crippen molar-refractivity contribution in [3.63, 3.8) is 0 Å². The molecule has 0 radical (unpaired) electrons. The maximum absolute atomic E-state index is 5.57. The van der Waals surface area contributed by atoms with Crippen molar-refractivity contribution in [3.05, 3.63) is 23.9 Å². The predicted molar refractivity (Wildman–Crippen MR) is 64.5 cm³/mol. The Labute approximate surface area is 97.2 Å². The van der Waals surface area contributed by atoms with Crippen molar-refractivity contribution in [2.45, 2.75) is 45.2 Å². The molecule has 1 saturated carbocycles. The van der Waals surface area contributed by atoms with Gasteiger partial charge < -0.3 is 10.1 Å². The third-order valence-electron chi connectivity index (χ3n) is 2.68. The van der Waals surface area contributed by atoms with E-state index in [1.165, 1.54) is 12.8 Å². The molecule has 0 aromatic carbocycles. The van der Waals surface area contributed by atoms with E-state index in [9.17, 15) is 0 Å². The van der Waals surface area contributed by atoms with Crippen molar-refractivity contribution in [2.24, 2.45) is 0 Å². The van der Waals surface area contributed by atoms with Gasteiger partial charge in [-0.15, -0.1) is 0 Å². The van der Waals surface area contributed by atoms with Gasteiger partial charge in [-0.25, -0.2) is 4.98 Å². The lowest BCUT2D eigenvalue weighted by Crippen LogP contribution is -2.16. The van der Waals surface area contributed by atoms with Crippen LogP contribution >= 0.6 is 0 Å². The molecule has 1 aliphatic carbocycles. The molecule has 0 bridgehead atoms. The third kappa shape index (κ3) is 3.81. The molecule has 0 amide bonds. The zero-order valence-corrected chi connectivity index (χ0v) is 9.91. The lowest BCUT2D eigenvalue weighted by atomic mass is 10.3. The summed E-state index contributed by atoms with van der Waals surface area (Å²) < 4.78 is 5.57. The second-order valence-electron chi connectivity index (χ2n) is 4.32. The van der Waals surface area contributed by atoms with Crippen molar-refractivity contribution in [1.29, 1.82) is 0 Å². The molecule has 0 spiro atoms. The maximum atomic E-state index is 5.57. The number of rotatable bonds is 7. The summed E-state index contributed by atoms with van der Waals surface area (Å²) in [5.74, 6) is 0.753. The van der Waals surface area contributed by atoms with Gasteiger partial charge in [0.15, 0.2) is 0 Å². The van der Waals surface area contributed by atoms with Crippen LogP contribution in [0.4, 0.5) is 0 Å². The first-order valence-corrected chi connectivity index (χ1v) is 6.20. The highest BCUT2D eigenvalue weighted by atomic mass is 16.5. The van der Waals surface area contributed by atoms with Gasteiger partial charge in [-0.2, -0.15) is 0 Å². The lowest BCUT2D eigenvalue weighted by molar-refractivity contribution is 0.296. The van der Waals surface area contributed by atoms with E-state index in [1.54, 1.807) is 0 Å². The molecule has 1 heterocycles. The molecule has 1 N–H and O–H groups in total. The molecule has 1 aliphatic rings. The smallest absolute Gasteiger partial charge is 0.213 e. The minimum absolute atomic E-state index is 0.728. The SMILES string of the molecule is CCCCOc1cccc(CNC2CC2)n1. The van der Waals surface area contributed by atoms with E-state index >= 15 is 0 Å². The summed E-state index contributed by atoms with van der Waals surface area (Å²) in [5, 5.41) is 3.45. The number of nitrogens with one attached hydrogen (secondary N) is 1. The Morgan fingerprint density at radius 3 is 3.06 bits per heavy atom. The van der Waals surface area contributed by atoms with Crippen LogP contribution in [0.1, 0.15) is 38.3 Å². The Kier molecular flexibility index (Phi) is 4.17. The fourth-order valence-corrected chi connectivity index (χ4v) is 1.49. The van der Waals surface area contributed by atoms with Crippen LogP contribution in [0.15, 0.2) is 18.2 Å². The number of hydrogen-bond acceptors (Lipinski definition) is 3. The number of pyridine rings is 1. The normalized spacial score (nSPS) is 15.1. The number of aromatic nitrogens is 1. The minimum Gasteiger partial charge on any atom is -0.478 e. The summed E-state index contributed by atoms with van der Waals surface area (Å²) in [6.07, 6.45) is 4.87. The van der Waals surface area contributed by atoms with Gasteiger partial charge in [0, 0.05) is 18.7 Å². The van der Waals surface area contributed by atoms with Crippen molar-refractivity contribution >= 4 is 0 Å². The topological polar surface area (TPSA) is 34.1 Å². The van der Waals surface area contributed by atoms with Gasteiger partial charge in [0.05, 0.1) is 12.3 Å². The van der Waals surface area contributed by atoms with Crippen molar-refractivity contribution in [2.75, 3.05) is 6.61 Å². The Bertz CT molecular complexity index is 323. The molecule has 0 unspecified atom stereocenters. The molecule has 1 aromatic rings. The largest absolute Gasteiger partial charge is 0.478 e. The van der Waals surface area contributed by atoms with Gasteiger partial charge in [-0.3, -0.25) is 0 Å². The van der Waals surface area contributed by atoms with Crippen LogP contribution in [0.25, 0.3) is 0 Å². The van der Waals surface area contributed by atoms with Gasteiger partial charge in [0.1, 0.15) is 0 Å². The lowest BCUT2D eigenvalue weighted by Gasteiger charge is -2.06. The van der Waals surface area contributed by atoms with Crippen LogP contribution in [-0.4, -0.2) is 17.6 Å². The molecule has 0 saturated heterocycles. The summed E-state index contributed by atoms with van der Waals surface area (Å²) in [5.41, 5.74) is 1.07. The number of ether oxygens (including phenoxy) is 1. The van der Waals surface area contributed by atoms with E-state index in [0.29, 0.717) is 0 Å². The average molecular weight is 220 g/mol. The fraction of sp³-hybridized carbons (Fsp3) is 0.615. The zero-order chi connectivity index (χ0) is 11.2. The molecule has 1 aromatic heterocycles. The highest BCUT2D eigenvalue weighted by Crippen LogP contribution is 2.19. The monoisotopic (exact) mass is 220 g/mol. The molecule has 88 valence electrons. The fourth-order valence-electron chi connectivity index (χ4n) is 1.49. The van der Waals surface area contributed by atoms with Crippen molar-refractivity contribution < 1.29 is 4.74 Å². The Balaban J connectivity index is 1.80. The van der Waals surface area contributed by atoms with Gasteiger partial charge >= 0.3 is 0 Å². The van der Waals surface area contributed by atoms with Crippen LogP contribution in [-0.2, 0) is 6.54 Å². The van der Waals surface area contributed by atoms with Crippen molar-refractivity contribution in [3.8, 4) is 5.88 Å². The number of unbranched alkanes of at least 4 members (excludes halogenated alkanes) is 1. The standard InChI is InChI=1S/C13H20N2O/c1-2-3-9-16-13-6-4-5-12(15-13)10-14-11-7-8-11/h4-6,11,14H,2-3,7-10H2,1H3. The molecule has 3 nitrogen and oxygen atoms in total. The zero-order valence-electron chi connectivity index (χ0n) is 9.91. The highest BCUT2D eigenvalue weighted by molar-refractivity contribution is 5.15. The van der Waals surface area contributed by atoms with E-state index in [-0.39, 0.29) is 0 Å². The van der Waals surface area contributed by atoms with E-state index in [4.69, 9.17) is 4.74 Å². The first-order chi connectivity index (χ1) is 7.88. The average Bonchev–Trinajstić information content (AvgIpc) is 3.11. The predicted octanol–water partition coefficient (Wildman–Crippen LogP) is 2.51. The van der Waals surface area contributed by atoms with Crippen LogP contribution < -0.4 is 10.1 Å². The molecule has 0 aliphatic heterocycles. The van der Waals surface area contributed by atoms with E-state index in [0.717, 1.165) is 43.6 Å². The van der Waals surface area contributed by atoms with Crippen LogP contribution in [0, 0.1) is 0 Å². The third-order valence-corrected chi connectivity index (χ3v) is 2.68. The van der Waals surface area contributed by atoms with E-state index < -0.39 is 0 Å². The molecule has 2 rings (SSSR count). The minimum atomic E-state index is 0.728. The Morgan fingerprint density at radius 1 is 1.44 bits per heavy atom. The molecular weight excluding hydrogens is 200 g/mol.